The number of carbonyl (C=O) groups is 1. The van der Waals surface area contributed by atoms with E-state index in [0.29, 0.717) is 0 Å². The van der Waals surface area contributed by atoms with Gasteiger partial charge in [0.05, 0.1) is 0 Å². The molecule has 1 rings (SSSR count). The van der Waals surface area contributed by atoms with Crippen molar-refractivity contribution in [2.45, 2.75) is 26.1 Å². The Bertz CT molecular complexity index is 363. The van der Waals surface area contributed by atoms with E-state index in [0.717, 1.165) is 11.6 Å². The highest BCUT2D eigenvalue weighted by Crippen LogP contribution is 2.09. The van der Waals surface area contributed by atoms with Crippen LogP contribution in [0.25, 0.3) is 0 Å². The molecular formula is C13H15FO2. The van der Waals surface area contributed by atoms with Crippen LogP contribution in [0.1, 0.15) is 19.4 Å². The summed E-state index contributed by atoms with van der Waals surface area (Å²) in [4.78, 5) is 11.2. The van der Waals surface area contributed by atoms with Crippen molar-refractivity contribution in [3.8, 4) is 0 Å². The first-order chi connectivity index (χ1) is 7.47. The second-order valence-electron chi connectivity index (χ2n) is 3.99. The maximum Gasteiger partial charge on any atom is 0.330 e. The van der Waals surface area contributed by atoms with Gasteiger partial charge in [0.15, 0.2) is 0 Å². The Morgan fingerprint density at radius 1 is 1.38 bits per heavy atom. The average Bonchev–Trinajstić information content (AvgIpc) is 2.24. The first-order valence-electron chi connectivity index (χ1n) is 5.06. The Morgan fingerprint density at radius 2 is 2.00 bits per heavy atom. The standard InChI is InChI=1S/C13H15FO2/c1-13(2,14)9-8-12(15)16-10-11-6-4-3-5-7-11/h3-9H,10H2,1-2H3/b9-8+. The van der Waals surface area contributed by atoms with Crippen molar-refractivity contribution in [2.75, 3.05) is 0 Å². The third-order valence-corrected chi connectivity index (χ3v) is 1.84. The SMILES string of the molecule is CC(C)(F)/C=C/C(=O)OCc1ccccc1. The third kappa shape index (κ3) is 5.29. The van der Waals surface area contributed by atoms with Gasteiger partial charge >= 0.3 is 5.97 Å². The van der Waals surface area contributed by atoms with Crippen molar-refractivity contribution in [1.29, 1.82) is 0 Å². The molecule has 0 aromatic heterocycles. The molecule has 1 aromatic rings. The number of benzene rings is 1. The normalized spacial score (nSPS) is 11.7. The first-order valence-corrected chi connectivity index (χ1v) is 5.06. The van der Waals surface area contributed by atoms with Crippen LogP contribution in [0.15, 0.2) is 42.5 Å². The maximum atomic E-state index is 13.0. The number of hydrogen-bond acceptors (Lipinski definition) is 2. The smallest absolute Gasteiger partial charge is 0.330 e. The molecule has 86 valence electrons. The maximum absolute atomic E-state index is 13.0. The second-order valence-corrected chi connectivity index (χ2v) is 3.99. The largest absolute Gasteiger partial charge is 0.458 e. The minimum Gasteiger partial charge on any atom is -0.458 e. The Kier molecular flexibility index (Phi) is 4.23. The van der Waals surface area contributed by atoms with Crippen molar-refractivity contribution < 1.29 is 13.9 Å². The van der Waals surface area contributed by atoms with Crippen LogP contribution >= 0.6 is 0 Å². The first kappa shape index (κ1) is 12.4. The second kappa shape index (κ2) is 5.45. The van der Waals surface area contributed by atoms with Gasteiger partial charge in [0.25, 0.3) is 0 Å². The van der Waals surface area contributed by atoms with Gasteiger partial charge in [-0.1, -0.05) is 30.3 Å². The van der Waals surface area contributed by atoms with Crippen LogP contribution in [0.3, 0.4) is 0 Å². The van der Waals surface area contributed by atoms with E-state index in [1.165, 1.54) is 19.9 Å². The molecular weight excluding hydrogens is 207 g/mol. The predicted molar refractivity (Wildman–Crippen MR) is 60.6 cm³/mol. The van der Waals surface area contributed by atoms with E-state index < -0.39 is 11.6 Å². The summed E-state index contributed by atoms with van der Waals surface area (Å²) in [6, 6.07) is 9.33. The summed E-state index contributed by atoms with van der Waals surface area (Å²) in [6.45, 7) is 2.94. The average molecular weight is 222 g/mol. The molecule has 0 saturated heterocycles. The fourth-order valence-electron chi connectivity index (χ4n) is 1.04. The number of carbonyl (C=O) groups excluding carboxylic acids is 1. The van der Waals surface area contributed by atoms with Crippen LogP contribution < -0.4 is 0 Å². The molecule has 0 heterocycles. The van der Waals surface area contributed by atoms with Crippen LogP contribution in [0.5, 0.6) is 0 Å². The van der Waals surface area contributed by atoms with E-state index in [4.69, 9.17) is 4.74 Å². The van der Waals surface area contributed by atoms with E-state index in [9.17, 15) is 9.18 Å². The van der Waals surface area contributed by atoms with Crippen LogP contribution in [0.2, 0.25) is 0 Å². The van der Waals surface area contributed by atoms with E-state index in [-0.39, 0.29) is 6.61 Å². The van der Waals surface area contributed by atoms with Crippen LogP contribution in [0, 0.1) is 0 Å². The van der Waals surface area contributed by atoms with Crippen molar-refractivity contribution in [2.24, 2.45) is 0 Å². The fraction of sp³-hybridized carbons (Fsp3) is 0.308. The Labute approximate surface area is 94.7 Å². The number of alkyl halides is 1. The molecule has 0 radical (unpaired) electrons. The molecule has 2 nitrogen and oxygen atoms in total. The van der Waals surface area contributed by atoms with Crippen molar-refractivity contribution in [3.05, 3.63) is 48.0 Å². The number of halogens is 1. The van der Waals surface area contributed by atoms with Gasteiger partial charge < -0.3 is 4.74 Å². The van der Waals surface area contributed by atoms with Gasteiger partial charge in [-0.15, -0.1) is 0 Å². The molecule has 0 aliphatic rings. The Balaban J connectivity index is 2.40. The molecule has 0 spiro atoms. The highest BCUT2D eigenvalue weighted by atomic mass is 19.1. The highest BCUT2D eigenvalue weighted by Gasteiger charge is 2.10. The summed E-state index contributed by atoms with van der Waals surface area (Å²) < 4.78 is 17.9. The zero-order valence-electron chi connectivity index (χ0n) is 9.44. The zero-order valence-corrected chi connectivity index (χ0v) is 9.44. The van der Waals surface area contributed by atoms with Gasteiger partial charge in [-0.05, 0) is 25.5 Å². The van der Waals surface area contributed by atoms with Crippen molar-refractivity contribution in [3.63, 3.8) is 0 Å². The van der Waals surface area contributed by atoms with Crippen LogP contribution in [-0.2, 0) is 16.1 Å². The molecule has 0 amide bonds. The molecule has 16 heavy (non-hydrogen) atoms. The van der Waals surface area contributed by atoms with E-state index in [2.05, 4.69) is 0 Å². The molecule has 0 aliphatic carbocycles. The summed E-state index contributed by atoms with van der Waals surface area (Å²) in [6.07, 6.45) is 2.29. The monoisotopic (exact) mass is 222 g/mol. The summed E-state index contributed by atoms with van der Waals surface area (Å²) in [7, 11) is 0. The predicted octanol–water partition coefficient (Wildman–Crippen LogP) is 3.03. The summed E-state index contributed by atoms with van der Waals surface area (Å²) in [5, 5.41) is 0. The number of ether oxygens (including phenoxy) is 1. The third-order valence-electron chi connectivity index (χ3n) is 1.84. The molecule has 0 bridgehead atoms. The summed E-state index contributed by atoms with van der Waals surface area (Å²) in [5.41, 5.74) is -0.588. The highest BCUT2D eigenvalue weighted by molar-refractivity contribution is 5.82. The molecule has 1 aromatic carbocycles. The minimum atomic E-state index is -1.49. The Morgan fingerprint density at radius 3 is 2.56 bits per heavy atom. The molecule has 0 fully saturated rings. The van der Waals surface area contributed by atoms with E-state index >= 15 is 0 Å². The minimum absolute atomic E-state index is 0.205. The van der Waals surface area contributed by atoms with Gasteiger partial charge in [-0.25, -0.2) is 9.18 Å². The topological polar surface area (TPSA) is 26.3 Å². The summed E-state index contributed by atoms with van der Waals surface area (Å²) >= 11 is 0. The molecule has 0 atom stereocenters. The molecule has 3 heteroatoms. The fourth-order valence-corrected chi connectivity index (χ4v) is 1.04. The van der Waals surface area contributed by atoms with Gasteiger partial charge in [-0.3, -0.25) is 0 Å². The molecule has 0 unspecified atom stereocenters. The number of esters is 1. The number of rotatable bonds is 4. The quantitative estimate of drug-likeness (QED) is 0.578. The van der Waals surface area contributed by atoms with E-state index in [1.54, 1.807) is 0 Å². The Hall–Kier alpha value is -1.64. The lowest BCUT2D eigenvalue weighted by Gasteiger charge is -2.06. The number of allylic oxidation sites excluding steroid dienone is 1. The van der Waals surface area contributed by atoms with E-state index in [1.807, 2.05) is 30.3 Å². The van der Waals surface area contributed by atoms with Gasteiger partial charge in [0, 0.05) is 6.08 Å². The van der Waals surface area contributed by atoms with Gasteiger partial charge in [-0.2, -0.15) is 0 Å². The van der Waals surface area contributed by atoms with Crippen molar-refractivity contribution in [1.82, 2.24) is 0 Å². The van der Waals surface area contributed by atoms with Gasteiger partial charge in [0.2, 0.25) is 0 Å². The number of hydrogen-bond donors (Lipinski definition) is 0. The molecule has 0 N–H and O–H groups in total. The molecule has 0 saturated carbocycles. The van der Waals surface area contributed by atoms with Gasteiger partial charge in [0.1, 0.15) is 12.3 Å². The van der Waals surface area contributed by atoms with Crippen molar-refractivity contribution >= 4 is 5.97 Å². The summed E-state index contributed by atoms with van der Waals surface area (Å²) in [5.74, 6) is -0.533. The van der Waals surface area contributed by atoms with Crippen LogP contribution in [0.4, 0.5) is 4.39 Å². The zero-order chi connectivity index (χ0) is 12.0. The van der Waals surface area contributed by atoms with Crippen LogP contribution in [-0.4, -0.2) is 11.6 Å². The lowest BCUT2D eigenvalue weighted by molar-refractivity contribution is -0.139. The lowest BCUT2D eigenvalue weighted by Crippen LogP contribution is -2.08. The lowest BCUT2D eigenvalue weighted by atomic mass is 10.1. The molecule has 0 aliphatic heterocycles.